The summed E-state index contributed by atoms with van der Waals surface area (Å²) in [6.45, 7) is 63.3. The van der Waals surface area contributed by atoms with Crippen molar-refractivity contribution < 1.29 is 29.0 Å². The Hall–Kier alpha value is -3.66. The molecule has 24 nitrogen and oxygen atoms in total. The molecule has 6 aliphatic heterocycles. The first-order valence-electron chi connectivity index (χ1n) is 60.1. The summed E-state index contributed by atoms with van der Waals surface area (Å²) >= 11 is 0. The van der Waals surface area contributed by atoms with Gasteiger partial charge in [0, 0.05) is 118 Å². The Morgan fingerprint density at radius 1 is 0.211 bits per heavy atom. The number of rotatable bonds is 47. The van der Waals surface area contributed by atoms with Crippen LogP contribution in [0.25, 0.3) is 0 Å². The topological polar surface area (TPSA) is 207 Å². The summed E-state index contributed by atoms with van der Waals surface area (Å²) in [5.41, 5.74) is -1.29. The van der Waals surface area contributed by atoms with E-state index in [1.807, 2.05) is 0 Å². The fourth-order valence-electron chi connectivity index (χ4n) is 31.3. The van der Waals surface area contributed by atoms with E-state index in [0.717, 1.165) is 231 Å². The van der Waals surface area contributed by atoms with Gasteiger partial charge >= 0.3 is 0 Å². The van der Waals surface area contributed by atoms with Crippen molar-refractivity contribution in [3.63, 3.8) is 0 Å². The van der Waals surface area contributed by atoms with Crippen LogP contribution in [0.3, 0.4) is 0 Å². The number of nitrogens with zero attached hydrogens (tertiary/aromatic N) is 14. The molecule has 4 N–H and O–H groups in total. The lowest BCUT2D eigenvalue weighted by molar-refractivity contribution is -0.314. The van der Waals surface area contributed by atoms with Gasteiger partial charge in [-0.05, 0) is 382 Å². The molecule has 0 atom stereocenters. The van der Waals surface area contributed by atoms with Gasteiger partial charge in [-0.2, -0.15) is 60.3 Å². The number of nitrogens with one attached hydrogen (secondary N) is 4. The summed E-state index contributed by atoms with van der Waals surface area (Å²) in [5.74, 6) is 6.80. The molecule has 0 radical (unpaired) electrons. The minimum atomic E-state index is -0.261. The van der Waals surface area contributed by atoms with Crippen molar-refractivity contribution in [1.29, 1.82) is 0 Å². The van der Waals surface area contributed by atoms with Crippen molar-refractivity contribution in [3.05, 3.63) is 0 Å². The zero-order chi connectivity index (χ0) is 102. The van der Waals surface area contributed by atoms with E-state index in [-0.39, 0.29) is 90.8 Å². The summed E-state index contributed by atoms with van der Waals surface area (Å²) in [4.78, 5) is 81.1. The van der Waals surface area contributed by atoms with Crippen LogP contribution in [0.4, 0.5) is 35.7 Å². The van der Waals surface area contributed by atoms with Crippen LogP contribution in [0.15, 0.2) is 0 Å². The summed E-state index contributed by atoms with van der Waals surface area (Å²) in [6, 6.07) is 0.293. The second-order valence-electron chi connectivity index (χ2n) is 56.0. The van der Waals surface area contributed by atoms with E-state index in [2.05, 4.69) is 228 Å². The van der Waals surface area contributed by atoms with Crippen molar-refractivity contribution in [2.45, 2.75) is 654 Å². The van der Waals surface area contributed by atoms with Crippen molar-refractivity contribution in [3.8, 4) is 0 Å². The van der Waals surface area contributed by atoms with Crippen LogP contribution in [-0.4, -0.2) is 215 Å². The number of piperidine rings is 6. The van der Waals surface area contributed by atoms with Crippen LogP contribution in [0.5, 0.6) is 0 Å². The molecular weight excluding hydrogens is 1770 g/mol. The van der Waals surface area contributed by atoms with E-state index in [1.165, 1.54) is 193 Å². The number of aromatic nitrogens is 6. The minimum Gasteiger partial charge on any atom is -0.354 e. The van der Waals surface area contributed by atoms with Crippen LogP contribution in [0.1, 0.15) is 539 Å². The van der Waals surface area contributed by atoms with Gasteiger partial charge in [0.15, 0.2) is 0 Å². The van der Waals surface area contributed by atoms with Crippen LogP contribution in [0, 0.1) is 23.7 Å². The molecule has 6 aliphatic carbocycles. The van der Waals surface area contributed by atoms with Gasteiger partial charge in [0.05, 0.1) is 36.6 Å². The quantitative estimate of drug-likeness (QED) is 0.0455. The lowest BCUT2D eigenvalue weighted by atomic mass is 9.73. The van der Waals surface area contributed by atoms with Crippen molar-refractivity contribution in [2.75, 3.05) is 70.3 Å². The Bertz CT molecular complexity index is 3540. The molecule has 0 aromatic carbocycles. The molecule has 0 amide bonds. The van der Waals surface area contributed by atoms with Gasteiger partial charge < -0.3 is 31.1 Å². The number of hydroxylamine groups is 12. The number of hydrogen-bond acceptors (Lipinski definition) is 24. The highest BCUT2D eigenvalue weighted by Gasteiger charge is 2.56. The highest BCUT2D eigenvalue weighted by Crippen LogP contribution is 2.53. The standard InChI is InChI=1S/C118H216N18O6/c1-107(2)77-89(78-108(3,4)131(107)137-95-59-33-27-34-60-95)55-45-49-71-119-101-123-102(120-72-50-46-56-90-79-109(5,6)132(110(7,8)80-90)138-96-61-35-28-36-62-96)126-105(125-101)129(93-85-115(17,18)135(116(19,20)86-93)141-99-67-41-31-42-68-99)75-53-25-26-54-76-130(94-87-117(21,22)136(118(23,24)88-94)142-100-69-43-32-44-70-100)106-127-103(121-73-51-47-57-91-81-111(9,10)133(112(11,12)82-91)139-97-63-37-29-38-64-97)124-104(128-106)122-74-52-48-58-92-83-113(13,14)134(114(15,16)84-92)140-98-65-39-30-40-66-98/h89-100H,25-88H2,1-24H3,(H2,119,120,123,125,126)(H2,121,122,124,127,128). The van der Waals surface area contributed by atoms with Crippen LogP contribution in [0.2, 0.25) is 0 Å². The SMILES string of the molecule is CC1(C)CC(CCCCNc2nc(NCCCCC3CC(C)(C)N(OC4CCCCC4)C(C)(C)C3)nc(N(CCCCCCN(c3nc(NCCCCC4CC(C)(C)N(OC5CCCCC5)C(C)(C)C4)nc(NCCCCC4CC(C)(C)N(OC5CCCCC5)C(C)(C)C4)n3)C3CC(C)(C)N(OC4CCCCC4)C(C)(C)C3)C3CC(C)(C)N(OC4CCCCC4)C(C)(C)C3)n2)CC(C)(C)N1OC1CCCCC1. The zero-order valence-corrected chi connectivity index (χ0v) is 95.9. The largest absolute Gasteiger partial charge is 0.354 e. The third-order valence-corrected chi connectivity index (χ3v) is 36.2. The predicted molar refractivity (Wildman–Crippen MR) is 587 cm³/mol. The molecule has 12 fully saturated rings. The van der Waals surface area contributed by atoms with Gasteiger partial charge in [-0.15, -0.1) is 0 Å². The molecule has 14 rings (SSSR count). The predicted octanol–water partition coefficient (Wildman–Crippen LogP) is 29.0. The first-order chi connectivity index (χ1) is 67.2. The van der Waals surface area contributed by atoms with Gasteiger partial charge in [0.1, 0.15) is 0 Å². The maximum absolute atomic E-state index is 7.28. The summed E-state index contributed by atoms with van der Waals surface area (Å²) < 4.78 is 0. The zero-order valence-electron chi connectivity index (χ0n) is 95.9. The van der Waals surface area contributed by atoms with Gasteiger partial charge in [-0.25, -0.2) is 0 Å². The molecule has 142 heavy (non-hydrogen) atoms. The smallest absolute Gasteiger partial charge is 0.232 e. The molecule has 24 heteroatoms. The normalized spacial score (nSPS) is 26.5. The first-order valence-corrected chi connectivity index (χ1v) is 60.1. The van der Waals surface area contributed by atoms with E-state index >= 15 is 0 Å². The van der Waals surface area contributed by atoms with Crippen LogP contribution < -0.4 is 31.1 Å². The molecule has 0 spiro atoms. The highest BCUT2D eigenvalue weighted by atomic mass is 16.7. The highest BCUT2D eigenvalue weighted by molar-refractivity contribution is 5.47. The molecule has 2 aromatic rings. The molecule has 2 aromatic heterocycles. The second kappa shape index (κ2) is 49.8. The summed E-state index contributed by atoms with van der Waals surface area (Å²) in [5, 5.41) is 30.2. The van der Waals surface area contributed by atoms with Gasteiger partial charge in [0.2, 0.25) is 35.7 Å². The van der Waals surface area contributed by atoms with Crippen LogP contribution in [-0.2, 0) is 29.0 Å². The maximum atomic E-state index is 7.28. The third-order valence-electron chi connectivity index (χ3n) is 36.2. The van der Waals surface area contributed by atoms with E-state index in [4.69, 9.17) is 58.9 Å². The lowest BCUT2D eigenvalue weighted by Crippen LogP contribution is -2.65. The van der Waals surface area contributed by atoms with E-state index in [9.17, 15) is 0 Å². The van der Waals surface area contributed by atoms with E-state index in [1.54, 1.807) is 0 Å². The monoisotopic (exact) mass is 1980 g/mol. The molecular formula is C118H216N18O6. The molecule has 6 saturated carbocycles. The van der Waals surface area contributed by atoms with Gasteiger partial charge in [0.25, 0.3) is 0 Å². The average Bonchev–Trinajstić information content (AvgIpc) is 0.699. The Balaban J connectivity index is 0.705. The van der Waals surface area contributed by atoms with Crippen LogP contribution >= 0.6 is 0 Å². The Morgan fingerprint density at radius 2 is 0.380 bits per heavy atom. The molecule has 6 saturated heterocycles. The van der Waals surface area contributed by atoms with Gasteiger partial charge in [-0.1, -0.05) is 180 Å². The summed E-state index contributed by atoms with van der Waals surface area (Å²) in [6.07, 6.45) is 69.6. The third kappa shape index (κ3) is 31.6. The molecule has 0 unspecified atom stereocenters. The second-order valence-corrected chi connectivity index (χ2v) is 56.0. The first kappa shape index (κ1) is 114. The lowest BCUT2D eigenvalue weighted by Gasteiger charge is -2.56. The number of unbranched alkanes of at least 4 members (excludes halogenated alkanes) is 7. The Morgan fingerprint density at radius 3 is 0.556 bits per heavy atom. The van der Waals surface area contributed by atoms with E-state index in [0.29, 0.717) is 71.9 Å². The molecule has 0 bridgehead atoms. The number of hydrogen-bond donors (Lipinski definition) is 4. The maximum Gasteiger partial charge on any atom is 0.232 e. The fourth-order valence-corrected chi connectivity index (χ4v) is 31.3. The van der Waals surface area contributed by atoms with Crippen molar-refractivity contribution in [2.24, 2.45) is 23.7 Å². The Labute approximate surface area is 867 Å². The summed E-state index contributed by atoms with van der Waals surface area (Å²) in [7, 11) is 0. The average molecular weight is 1980 g/mol. The van der Waals surface area contributed by atoms with Gasteiger partial charge in [-0.3, -0.25) is 29.0 Å². The fraction of sp³-hybridized carbons (Fsp3) is 0.949. The van der Waals surface area contributed by atoms with Crippen molar-refractivity contribution >= 4 is 35.7 Å². The minimum absolute atomic E-state index is 0.0310. The number of anilines is 6. The van der Waals surface area contributed by atoms with Crippen molar-refractivity contribution in [1.82, 2.24) is 60.3 Å². The molecule has 12 aliphatic rings. The molecule has 814 valence electrons. The van der Waals surface area contributed by atoms with E-state index < -0.39 is 0 Å². The Kier molecular flexibility index (Phi) is 40.0. The molecule has 8 heterocycles.